The first-order valence-electron chi connectivity index (χ1n) is 6.66. The minimum Gasteiger partial charge on any atom is -0.493 e. The SMILES string of the molecule is COc1cc(F)c(S(=O)(=O)Nc2cc(C(=O)O)ccc2F)cc1OC. The summed E-state index contributed by atoms with van der Waals surface area (Å²) in [6.45, 7) is 0. The molecule has 10 heteroatoms. The van der Waals surface area contributed by atoms with E-state index in [-0.39, 0.29) is 17.1 Å². The van der Waals surface area contributed by atoms with E-state index in [2.05, 4.69) is 0 Å². The van der Waals surface area contributed by atoms with E-state index >= 15 is 0 Å². The highest BCUT2D eigenvalue weighted by Crippen LogP contribution is 2.33. The molecule has 2 rings (SSSR count). The van der Waals surface area contributed by atoms with Crippen molar-refractivity contribution in [3.8, 4) is 11.5 Å². The van der Waals surface area contributed by atoms with Crippen molar-refractivity contribution < 1.29 is 36.6 Å². The first-order chi connectivity index (χ1) is 11.7. The van der Waals surface area contributed by atoms with Crippen LogP contribution in [0.25, 0.3) is 0 Å². The number of sulfonamides is 1. The van der Waals surface area contributed by atoms with Gasteiger partial charge in [-0.2, -0.15) is 0 Å². The van der Waals surface area contributed by atoms with Gasteiger partial charge in [-0.3, -0.25) is 4.72 Å². The average molecular weight is 373 g/mol. The van der Waals surface area contributed by atoms with Crippen LogP contribution in [0.4, 0.5) is 14.5 Å². The van der Waals surface area contributed by atoms with Crippen molar-refractivity contribution in [1.29, 1.82) is 0 Å². The Bertz CT molecular complexity index is 930. The van der Waals surface area contributed by atoms with Crippen LogP contribution < -0.4 is 14.2 Å². The summed E-state index contributed by atoms with van der Waals surface area (Å²) >= 11 is 0. The van der Waals surface area contributed by atoms with Gasteiger partial charge in [0, 0.05) is 12.1 Å². The second kappa shape index (κ2) is 6.93. The van der Waals surface area contributed by atoms with Crippen molar-refractivity contribution in [3.63, 3.8) is 0 Å². The van der Waals surface area contributed by atoms with Gasteiger partial charge in [-0.15, -0.1) is 0 Å². The first-order valence-corrected chi connectivity index (χ1v) is 8.15. The molecule has 0 aliphatic rings. The molecule has 25 heavy (non-hydrogen) atoms. The minimum absolute atomic E-state index is 0.0296. The first kappa shape index (κ1) is 18.5. The summed E-state index contributed by atoms with van der Waals surface area (Å²) in [6.07, 6.45) is 0. The van der Waals surface area contributed by atoms with E-state index in [1.54, 1.807) is 0 Å². The van der Waals surface area contributed by atoms with Gasteiger partial charge in [0.2, 0.25) is 0 Å². The van der Waals surface area contributed by atoms with Crippen LogP contribution in [-0.4, -0.2) is 33.7 Å². The minimum atomic E-state index is -4.56. The van der Waals surface area contributed by atoms with Gasteiger partial charge < -0.3 is 14.6 Å². The van der Waals surface area contributed by atoms with Crippen LogP contribution in [0.5, 0.6) is 11.5 Å². The van der Waals surface area contributed by atoms with Crippen LogP contribution in [0.15, 0.2) is 35.2 Å². The van der Waals surface area contributed by atoms with E-state index in [4.69, 9.17) is 14.6 Å². The molecule has 0 unspecified atom stereocenters. The van der Waals surface area contributed by atoms with E-state index in [9.17, 15) is 22.0 Å². The van der Waals surface area contributed by atoms with Crippen LogP contribution in [0.2, 0.25) is 0 Å². The van der Waals surface area contributed by atoms with Gasteiger partial charge in [0.1, 0.15) is 16.5 Å². The molecule has 134 valence electrons. The molecule has 2 N–H and O–H groups in total. The third kappa shape index (κ3) is 3.79. The van der Waals surface area contributed by atoms with Gasteiger partial charge in [-0.25, -0.2) is 22.0 Å². The lowest BCUT2D eigenvalue weighted by Crippen LogP contribution is -2.16. The number of carboxylic acids is 1. The number of ether oxygens (including phenoxy) is 2. The number of methoxy groups -OCH3 is 2. The number of carbonyl (C=O) groups is 1. The molecule has 0 aliphatic heterocycles. The Hall–Kier alpha value is -2.88. The molecular formula is C15H13F2NO6S. The number of carboxylic acid groups (broad SMARTS) is 1. The van der Waals surface area contributed by atoms with Crippen LogP contribution >= 0.6 is 0 Å². The zero-order chi connectivity index (χ0) is 18.8. The van der Waals surface area contributed by atoms with Crippen molar-refractivity contribution in [2.75, 3.05) is 18.9 Å². The summed E-state index contributed by atoms with van der Waals surface area (Å²) in [5.74, 6) is -3.63. The highest BCUT2D eigenvalue weighted by molar-refractivity contribution is 7.92. The van der Waals surface area contributed by atoms with Gasteiger partial charge in [0.05, 0.1) is 25.5 Å². The highest BCUT2D eigenvalue weighted by Gasteiger charge is 2.24. The molecule has 0 atom stereocenters. The monoisotopic (exact) mass is 373 g/mol. The number of aromatic carboxylic acids is 1. The van der Waals surface area contributed by atoms with E-state index in [1.807, 2.05) is 4.72 Å². The molecule has 0 amide bonds. The van der Waals surface area contributed by atoms with Crippen molar-refractivity contribution in [2.24, 2.45) is 0 Å². The molecule has 0 saturated carbocycles. The molecule has 0 aromatic heterocycles. The Morgan fingerprint density at radius 3 is 2.20 bits per heavy atom. The van der Waals surface area contributed by atoms with Gasteiger partial charge in [-0.05, 0) is 18.2 Å². The molecule has 0 heterocycles. The maximum atomic E-state index is 14.1. The number of rotatable bonds is 6. The zero-order valence-electron chi connectivity index (χ0n) is 13.0. The van der Waals surface area contributed by atoms with E-state index < -0.39 is 38.2 Å². The standard InChI is InChI=1S/C15H13F2NO6S/c1-23-12-6-10(17)14(7-13(12)24-2)25(21,22)18-11-5-8(15(19)20)3-4-9(11)16/h3-7,18H,1-2H3,(H,19,20). The summed E-state index contributed by atoms with van der Waals surface area (Å²) < 4.78 is 64.2. The van der Waals surface area contributed by atoms with Crippen molar-refractivity contribution >= 4 is 21.7 Å². The number of hydrogen-bond acceptors (Lipinski definition) is 5. The number of hydrogen-bond donors (Lipinski definition) is 2. The van der Waals surface area contributed by atoms with E-state index in [0.29, 0.717) is 0 Å². The Kier molecular flexibility index (Phi) is 5.12. The predicted octanol–water partition coefficient (Wildman–Crippen LogP) is 2.48. The Balaban J connectivity index is 2.50. The quantitative estimate of drug-likeness (QED) is 0.807. The molecule has 7 nitrogen and oxygen atoms in total. The Morgan fingerprint density at radius 1 is 1.04 bits per heavy atom. The van der Waals surface area contributed by atoms with Crippen LogP contribution in [0.3, 0.4) is 0 Å². The molecule has 0 fully saturated rings. The average Bonchev–Trinajstić information content (AvgIpc) is 2.55. The second-order valence-corrected chi connectivity index (χ2v) is 6.39. The fourth-order valence-corrected chi connectivity index (χ4v) is 3.11. The van der Waals surface area contributed by atoms with Gasteiger partial charge in [-0.1, -0.05) is 0 Å². The molecule has 0 saturated heterocycles. The predicted molar refractivity (Wildman–Crippen MR) is 83.7 cm³/mol. The number of nitrogens with one attached hydrogen (secondary N) is 1. The summed E-state index contributed by atoms with van der Waals surface area (Å²) in [7, 11) is -2.08. The zero-order valence-corrected chi connectivity index (χ0v) is 13.9. The maximum Gasteiger partial charge on any atom is 0.335 e. The van der Waals surface area contributed by atoms with Crippen molar-refractivity contribution in [1.82, 2.24) is 0 Å². The van der Waals surface area contributed by atoms with Crippen LogP contribution in [0, 0.1) is 11.6 Å². The summed E-state index contributed by atoms with van der Waals surface area (Å²) in [5.41, 5.74) is -0.971. The Morgan fingerprint density at radius 2 is 1.64 bits per heavy atom. The molecule has 0 bridgehead atoms. The van der Waals surface area contributed by atoms with Crippen LogP contribution in [0.1, 0.15) is 10.4 Å². The number of halogens is 2. The van der Waals surface area contributed by atoms with Crippen LogP contribution in [-0.2, 0) is 10.0 Å². The van der Waals surface area contributed by atoms with Gasteiger partial charge >= 0.3 is 5.97 Å². The number of anilines is 1. The lowest BCUT2D eigenvalue weighted by atomic mass is 10.2. The summed E-state index contributed by atoms with van der Waals surface area (Å²) in [4.78, 5) is 10.1. The van der Waals surface area contributed by atoms with E-state index in [0.717, 1.165) is 30.3 Å². The summed E-state index contributed by atoms with van der Waals surface area (Å²) in [6, 6.07) is 4.21. The van der Waals surface area contributed by atoms with E-state index in [1.165, 1.54) is 14.2 Å². The molecule has 2 aromatic carbocycles. The van der Waals surface area contributed by atoms with Crippen molar-refractivity contribution in [2.45, 2.75) is 4.90 Å². The normalized spacial score (nSPS) is 11.0. The maximum absolute atomic E-state index is 14.1. The number of benzene rings is 2. The second-order valence-electron chi connectivity index (χ2n) is 4.74. The van der Waals surface area contributed by atoms with Gasteiger partial charge in [0.25, 0.3) is 10.0 Å². The smallest absolute Gasteiger partial charge is 0.335 e. The Labute approximate surface area is 141 Å². The fourth-order valence-electron chi connectivity index (χ4n) is 1.98. The summed E-state index contributed by atoms with van der Waals surface area (Å²) in [5, 5.41) is 8.90. The third-order valence-corrected chi connectivity index (χ3v) is 4.57. The topological polar surface area (TPSA) is 102 Å². The molecule has 2 aromatic rings. The largest absolute Gasteiger partial charge is 0.493 e. The van der Waals surface area contributed by atoms with Crippen molar-refractivity contribution in [3.05, 3.63) is 47.5 Å². The lowest BCUT2D eigenvalue weighted by molar-refractivity contribution is 0.0697. The molecule has 0 aliphatic carbocycles. The highest BCUT2D eigenvalue weighted by atomic mass is 32.2. The molecule has 0 radical (unpaired) electrons. The molecule has 0 spiro atoms. The molecular weight excluding hydrogens is 360 g/mol. The lowest BCUT2D eigenvalue weighted by Gasteiger charge is -2.13. The fraction of sp³-hybridized carbons (Fsp3) is 0.133. The third-order valence-electron chi connectivity index (χ3n) is 3.19. The van der Waals surface area contributed by atoms with Gasteiger partial charge in [0.15, 0.2) is 11.5 Å².